The van der Waals surface area contributed by atoms with Crippen molar-refractivity contribution >= 4 is 34.2 Å². The second kappa shape index (κ2) is 6.21. The van der Waals surface area contributed by atoms with Crippen molar-refractivity contribution in [1.82, 2.24) is 0 Å². The zero-order chi connectivity index (χ0) is 17.3. The lowest BCUT2D eigenvalue weighted by molar-refractivity contribution is -0.385. The van der Waals surface area contributed by atoms with Gasteiger partial charge in [0.1, 0.15) is 11.3 Å². The fourth-order valence-corrected chi connectivity index (χ4v) is 2.30. The number of methoxy groups -OCH3 is 1. The summed E-state index contributed by atoms with van der Waals surface area (Å²) in [6, 6.07) is 10.2. The number of furan rings is 1. The maximum atomic E-state index is 12.2. The second-order valence-corrected chi connectivity index (χ2v) is 5.21. The highest BCUT2D eigenvalue weighted by Gasteiger charge is 2.22. The highest BCUT2D eigenvalue weighted by Crippen LogP contribution is 2.32. The van der Waals surface area contributed by atoms with Crippen LogP contribution in [0.2, 0.25) is 5.02 Å². The first-order valence-corrected chi connectivity index (χ1v) is 7.09. The van der Waals surface area contributed by atoms with Crippen LogP contribution in [-0.4, -0.2) is 18.0 Å². The van der Waals surface area contributed by atoms with E-state index >= 15 is 0 Å². The minimum Gasteiger partial charge on any atom is -0.496 e. The molecule has 0 N–H and O–H groups in total. The molecule has 2 aromatic carbocycles. The molecule has 0 unspecified atom stereocenters. The molecule has 1 heterocycles. The smallest absolute Gasteiger partial charge is 0.379 e. The molecule has 3 rings (SSSR count). The van der Waals surface area contributed by atoms with Crippen LogP contribution in [0.15, 0.2) is 46.9 Å². The van der Waals surface area contributed by atoms with E-state index in [1.54, 1.807) is 18.2 Å². The van der Waals surface area contributed by atoms with Crippen LogP contribution in [0, 0.1) is 10.1 Å². The molecular weight excluding hydrogens is 338 g/mol. The van der Waals surface area contributed by atoms with Gasteiger partial charge in [-0.1, -0.05) is 11.6 Å². The first-order chi connectivity index (χ1) is 11.5. The molecule has 24 heavy (non-hydrogen) atoms. The normalized spacial score (nSPS) is 10.6. The van der Waals surface area contributed by atoms with E-state index in [1.807, 2.05) is 0 Å². The lowest BCUT2D eigenvalue weighted by Gasteiger charge is -2.05. The summed E-state index contributed by atoms with van der Waals surface area (Å²) in [7, 11) is 1.38. The van der Waals surface area contributed by atoms with Gasteiger partial charge in [0.05, 0.1) is 18.1 Å². The number of benzene rings is 2. The van der Waals surface area contributed by atoms with Gasteiger partial charge in [0.25, 0.3) is 0 Å². The van der Waals surface area contributed by atoms with Crippen LogP contribution in [0.5, 0.6) is 11.5 Å². The largest absolute Gasteiger partial charge is 0.496 e. The average Bonchev–Trinajstić information content (AvgIpc) is 2.98. The van der Waals surface area contributed by atoms with Crippen molar-refractivity contribution in [3.63, 3.8) is 0 Å². The number of nitrogens with zero attached hydrogens (tertiary/aromatic N) is 1. The SMILES string of the molecule is COc1ccc(OC(=O)c2cc3cc(Cl)ccc3o2)c([N+](=O)[O-])c1. The van der Waals surface area contributed by atoms with Crippen molar-refractivity contribution < 1.29 is 23.6 Å². The van der Waals surface area contributed by atoms with Crippen LogP contribution in [0.1, 0.15) is 10.6 Å². The predicted octanol–water partition coefficient (Wildman–Crippen LogP) is 4.22. The number of esters is 1. The van der Waals surface area contributed by atoms with E-state index in [2.05, 4.69) is 0 Å². The summed E-state index contributed by atoms with van der Waals surface area (Å²) in [5.74, 6) is -0.864. The summed E-state index contributed by atoms with van der Waals surface area (Å²) >= 11 is 5.88. The number of fused-ring (bicyclic) bond motifs is 1. The fourth-order valence-electron chi connectivity index (χ4n) is 2.12. The van der Waals surface area contributed by atoms with Crippen molar-refractivity contribution in [2.24, 2.45) is 0 Å². The van der Waals surface area contributed by atoms with Gasteiger partial charge in [0.15, 0.2) is 0 Å². The molecule has 0 radical (unpaired) electrons. The van der Waals surface area contributed by atoms with E-state index in [9.17, 15) is 14.9 Å². The minimum atomic E-state index is -0.851. The third-order valence-electron chi connectivity index (χ3n) is 3.24. The standard InChI is InChI=1S/C16H10ClNO6/c1-22-11-3-5-14(12(8-11)18(20)21)24-16(19)15-7-9-6-10(17)2-4-13(9)23-15/h2-8H,1H3. The monoisotopic (exact) mass is 347 g/mol. The van der Waals surface area contributed by atoms with E-state index in [1.165, 1.54) is 31.4 Å². The maximum Gasteiger partial charge on any atom is 0.379 e. The molecule has 0 saturated carbocycles. The van der Waals surface area contributed by atoms with Gasteiger partial charge in [-0.05, 0) is 36.4 Å². The van der Waals surface area contributed by atoms with E-state index < -0.39 is 10.9 Å². The van der Waals surface area contributed by atoms with Crippen LogP contribution < -0.4 is 9.47 Å². The Labute approximate surface area is 140 Å². The van der Waals surface area contributed by atoms with Gasteiger partial charge in [-0.2, -0.15) is 0 Å². The molecule has 0 aliphatic carbocycles. The average molecular weight is 348 g/mol. The predicted molar refractivity (Wildman–Crippen MR) is 85.8 cm³/mol. The number of carbonyl (C=O) groups excluding carboxylic acids is 1. The van der Waals surface area contributed by atoms with Crippen LogP contribution in [0.25, 0.3) is 11.0 Å². The van der Waals surface area contributed by atoms with Crippen molar-refractivity contribution in [1.29, 1.82) is 0 Å². The van der Waals surface area contributed by atoms with Crippen LogP contribution in [-0.2, 0) is 0 Å². The number of halogens is 1. The molecule has 0 fully saturated rings. The Morgan fingerprint density at radius 3 is 2.71 bits per heavy atom. The van der Waals surface area contributed by atoms with E-state index in [4.69, 9.17) is 25.5 Å². The number of hydrogen-bond acceptors (Lipinski definition) is 6. The van der Waals surface area contributed by atoms with Crippen molar-refractivity contribution in [2.75, 3.05) is 7.11 Å². The van der Waals surface area contributed by atoms with Crippen molar-refractivity contribution in [3.05, 3.63) is 63.4 Å². The summed E-state index contributed by atoms with van der Waals surface area (Å²) in [4.78, 5) is 22.6. The number of nitro benzene ring substituents is 1. The van der Waals surface area contributed by atoms with Gasteiger partial charge < -0.3 is 13.9 Å². The molecule has 8 heteroatoms. The topological polar surface area (TPSA) is 91.8 Å². The zero-order valence-corrected chi connectivity index (χ0v) is 13.1. The van der Waals surface area contributed by atoms with Gasteiger partial charge in [0.2, 0.25) is 11.5 Å². The lowest BCUT2D eigenvalue weighted by atomic mass is 10.2. The molecule has 1 aromatic heterocycles. The van der Waals surface area contributed by atoms with Gasteiger partial charge >= 0.3 is 11.7 Å². The van der Waals surface area contributed by atoms with E-state index in [0.29, 0.717) is 16.0 Å². The summed E-state index contributed by atoms with van der Waals surface area (Å²) in [5.41, 5.74) is 0.0671. The highest BCUT2D eigenvalue weighted by atomic mass is 35.5. The number of hydrogen-bond donors (Lipinski definition) is 0. The van der Waals surface area contributed by atoms with Gasteiger partial charge in [-0.15, -0.1) is 0 Å². The molecule has 0 atom stereocenters. The second-order valence-electron chi connectivity index (χ2n) is 4.77. The summed E-state index contributed by atoms with van der Waals surface area (Å²) in [6.45, 7) is 0. The van der Waals surface area contributed by atoms with Crippen LogP contribution in [0.4, 0.5) is 5.69 Å². The first-order valence-electron chi connectivity index (χ1n) is 6.71. The molecule has 0 amide bonds. The summed E-state index contributed by atoms with van der Waals surface area (Å²) < 4.78 is 15.4. The first kappa shape index (κ1) is 15.8. The van der Waals surface area contributed by atoms with E-state index in [0.717, 1.165) is 0 Å². The molecule has 7 nitrogen and oxygen atoms in total. The van der Waals surface area contributed by atoms with Crippen LogP contribution >= 0.6 is 11.6 Å². The highest BCUT2D eigenvalue weighted by molar-refractivity contribution is 6.31. The Bertz CT molecular complexity index is 949. The lowest BCUT2D eigenvalue weighted by Crippen LogP contribution is -2.08. The maximum absolute atomic E-state index is 12.2. The molecule has 0 spiro atoms. The zero-order valence-electron chi connectivity index (χ0n) is 12.3. The number of nitro groups is 1. The molecule has 3 aromatic rings. The van der Waals surface area contributed by atoms with Gasteiger partial charge in [-0.3, -0.25) is 10.1 Å². The van der Waals surface area contributed by atoms with Gasteiger partial charge in [-0.25, -0.2) is 4.79 Å². The molecule has 0 bridgehead atoms. The summed E-state index contributed by atoms with van der Waals surface area (Å²) in [5, 5.41) is 12.2. The van der Waals surface area contributed by atoms with Gasteiger partial charge in [0, 0.05) is 10.4 Å². The third-order valence-corrected chi connectivity index (χ3v) is 3.48. The molecule has 0 aliphatic rings. The Morgan fingerprint density at radius 2 is 2.00 bits per heavy atom. The molecule has 0 saturated heterocycles. The fraction of sp³-hybridized carbons (Fsp3) is 0.0625. The summed E-state index contributed by atoms with van der Waals surface area (Å²) in [6.07, 6.45) is 0. The van der Waals surface area contributed by atoms with Crippen molar-refractivity contribution in [3.8, 4) is 11.5 Å². The van der Waals surface area contributed by atoms with Crippen molar-refractivity contribution in [2.45, 2.75) is 0 Å². The number of carbonyl (C=O) groups is 1. The molecule has 122 valence electrons. The Balaban J connectivity index is 1.92. The number of ether oxygens (including phenoxy) is 2. The molecule has 0 aliphatic heterocycles. The Kier molecular flexibility index (Phi) is 4.09. The Morgan fingerprint density at radius 1 is 1.21 bits per heavy atom. The molecular formula is C16H10ClNO6. The third kappa shape index (κ3) is 3.02. The minimum absolute atomic E-state index is 0.0858. The number of rotatable bonds is 4. The van der Waals surface area contributed by atoms with E-state index in [-0.39, 0.29) is 22.9 Å². The Hall–Kier alpha value is -3.06. The quantitative estimate of drug-likeness (QED) is 0.303. The van der Waals surface area contributed by atoms with Crippen LogP contribution in [0.3, 0.4) is 0 Å².